The average molecular weight is 169 g/mol. The summed E-state index contributed by atoms with van der Waals surface area (Å²) in [5.74, 6) is 0. The van der Waals surface area contributed by atoms with E-state index in [9.17, 15) is 0 Å². The van der Waals surface area contributed by atoms with Gasteiger partial charge in [-0.3, -0.25) is 4.98 Å². The van der Waals surface area contributed by atoms with Crippen molar-refractivity contribution in [2.75, 3.05) is 0 Å². The van der Waals surface area contributed by atoms with Gasteiger partial charge in [-0.2, -0.15) is 0 Å². The van der Waals surface area contributed by atoms with Gasteiger partial charge in [0.25, 0.3) is 0 Å². The average Bonchev–Trinajstić information content (AvgIpc) is 2.13. The summed E-state index contributed by atoms with van der Waals surface area (Å²) in [6.07, 6.45) is 0. The number of hydrogen-bond acceptors (Lipinski definition) is 1. The maximum atomic E-state index is 7.36. The van der Waals surface area contributed by atoms with Gasteiger partial charge < -0.3 is 0 Å². The molecule has 0 amide bonds. The van der Waals surface area contributed by atoms with Crippen LogP contribution in [-0.4, -0.2) is 4.98 Å². The molecular formula is C11H17N. The van der Waals surface area contributed by atoms with Crippen LogP contribution in [0.3, 0.4) is 0 Å². The number of aromatic nitrogens is 1. The van der Waals surface area contributed by atoms with Crippen molar-refractivity contribution < 1.29 is 8.22 Å². The summed E-state index contributed by atoms with van der Waals surface area (Å²) in [4.78, 5) is 3.76. The van der Waals surface area contributed by atoms with Crippen molar-refractivity contribution in [1.29, 1.82) is 0 Å². The van der Waals surface area contributed by atoms with Gasteiger partial charge in [-0.15, -0.1) is 0 Å². The Morgan fingerprint density at radius 1 is 1.17 bits per heavy atom. The maximum Gasteiger partial charge on any atom is 0.0378 e. The van der Waals surface area contributed by atoms with Gasteiger partial charge in [-0.05, 0) is 36.8 Å². The lowest BCUT2D eigenvalue weighted by Crippen LogP contribution is -2.12. The van der Waals surface area contributed by atoms with Crippen LogP contribution < -0.4 is 0 Å². The minimum Gasteiger partial charge on any atom is -0.258 e. The third kappa shape index (κ3) is 2.07. The Kier molecular flexibility index (Phi) is 0.940. The van der Waals surface area contributed by atoms with Gasteiger partial charge in [-0.25, -0.2) is 0 Å². The molecule has 12 heavy (non-hydrogen) atoms. The Morgan fingerprint density at radius 3 is 2.00 bits per heavy atom. The number of pyridine rings is 1. The number of rotatable bonds is 0. The Balaban J connectivity index is 3.49. The molecule has 0 aromatic carbocycles. The molecule has 1 aromatic heterocycles. The van der Waals surface area contributed by atoms with Gasteiger partial charge in [0.15, 0.2) is 0 Å². The van der Waals surface area contributed by atoms with E-state index in [0.717, 1.165) is 0 Å². The molecular weight excluding hydrogens is 146 g/mol. The lowest BCUT2D eigenvalue weighted by molar-refractivity contribution is 0.587. The zero-order valence-electron chi connectivity index (χ0n) is 13.6. The molecule has 66 valence electrons. The number of hydrogen-bond donors (Lipinski definition) is 0. The van der Waals surface area contributed by atoms with Crippen LogP contribution in [0.2, 0.25) is 0 Å². The lowest BCUT2D eigenvalue weighted by Gasteiger charge is -2.19. The number of aryl methyl sites for hydroxylation is 2. The molecule has 1 heterocycles. The van der Waals surface area contributed by atoms with Crippen molar-refractivity contribution in [3.63, 3.8) is 0 Å². The van der Waals surface area contributed by atoms with E-state index < -0.39 is 13.7 Å². The second-order valence-corrected chi connectivity index (χ2v) is 3.88. The first-order chi connectivity index (χ1) is 7.82. The molecule has 1 aromatic rings. The Bertz CT molecular complexity index is 359. The van der Waals surface area contributed by atoms with E-state index in [2.05, 4.69) is 4.98 Å². The third-order valence-corrected chi connectivity index (χ3v) is 1.69. The fourth-order valence-corrected chi connectivity index (χ4v) is 0.964. The minimum absolute atomic E-state index is 0.166. The molecule has 0 spiro atoms. The van der Waals surface area contributed by atoms with Crippen LogP contribution in [0.5, 0.6) is 0 Å². The van der Waals surface area contributed by atoms with Crippen LogP contribution in [-0.2, 0) is 5.41 Å². The van der Waals surface area contributed by atoms with E-state index in [-0.39, 0.29) is 16.8 Å². The summed E-state index contributed by atoms with van der Waals surface area (Å²) in [5, 5.41) is 0. The second kappa shape index (κ2) is 2.89. The summed E-state index contributed by atoms with van der Waals surface area (Å²) in [6, 6.07) is 2.92. The second-order valence-electron chi connectivity index (χ2n) is 3.88. The van der Waals surface area contributed by atoms with Crippen molar-refractivity contribution in [2.45, 2.75) is 39.9 Å². The van der Waals surface area contributed by atoms with Crippen LogP contribution in [0.4, 0.5) is 0 Å². The monoisotopic (exact) mass is 169 g/mol. The molecule has 0 aliphatic rings. The highest BCUT2D eigenvalue weighted by molar-refractivity contribution is 5.26. The quantitative estimate of drug-likeness (QED) is 0.582. The zero-order chi connectivity index (χ0) is 14.4. The SMILES string of the molecule is [2H]C([2H])([2H])c1cc(C(C)(C)C)cc(C([2H])([2H])[2H])n1. The Hall–Kier alpha value is -0.850. The maximum absolute atomic E-state index is 7.36. The van der Waals surface area contributed by atoms with E-state index in [1.807, 2.05) is 20.8 Å². The normalized spacial score (nSPS) is 21.2. The van der Waals surface area contributed by atoms with Crippen molar-refractivity contribution >= 4 is 0 Å². The van der Waals surface area contributed by atoms with E-state index in [4.69, 9.17) is 8.22 Å². The van der Waals surface area contributed by atoms with Gasteiger partial charge in [-0.1, -0.05) is 20.8 Å². The van der Waals surface area contributed by atoms with Gasteiger partial charge in [0.05, 0.1) is 0 Å². The zero-order valence-corrected chi connectivity index (χ0v) is 7.60. The van der Waals surface area contributed by atoms with Crippen LogP contribution in [0.1, 0.15) is 45.9 Å². The summed E-state index contributed by atoms with van der Waals surface area (Å²) in [6.45, 7) is 0.890. The molecule has 0 radical (unpaired) electrons. The standard InChI is InChI=1S/C11H17N/c1-8-6-10(11(3,4)5)7-9(2)12-8/h6-7H,1-5H3/i1D3,2D3. The molecule has 0 atom stereocenters. The van der Waals surface area contributed by atoms with Crippen LogP contribution in [0, 0.1) is 13.7 Å². The molecule has 1 rings (SSSR count). The van der Waals surface area contributed by atoms with Gasteiger partial charge in [0.1, 0.15) is 0 Å². The largest absolute Gasteiger partial charge is 0.258 e. The summed E-state index contributed by atoms with van der Waals surface area (Å²) >= 11 is 0. The highest BCUT2D eigenvalue weighted by Gasteiger charge is 2.13. The molecule has 0 aliphatic carbocycles. The van der Waals surface area contributed by atoms with Crippen molar-refractivity contribution in [1.82, 2.24) is 4.98 Å². The van der Waals surface area contributed by atoms with Crippen LogP contribution >= 0.6 is 0 Å². The molecule has 0 saturated carbocycles. The molecule has 0 saturated heterocycles. The lowest BCUT2D eigenvalue weighted by atomic mass is 9.87. The first-order valence-electron chi connectivity index (χ1n) is 6.85. The fraction of sp³-hybridized carbons (Fsp3) is 0.545. The van der Waals surface area contributed by atoms with Gasteiger partial charge in [0, 0.05) is 19.6 Å². The smallest absolute Gasteiger partial charge is 0.0378 e. The molecule has 1 heteroatoms. The third-order valence-electron chi connectivity index (χ3n) is 1.69. The van der Waals surface area contributed by atoms with E-state index >= 15 is 0 Å². The predicted molar refractivity (Wildman–Crippen MR) is 52.4 cm³/mol. The van der Waals surface area contributed by atoms with E-state index in [1.165, 1.54) is 12.1 Å². The molecule has 0 aliphatic heterocycles. The predicted octanol–water partition coefficient (Wildman–Crippen LogP) is 3.00. The highest BCUT2D eigenvalue weighted by Crippen LogP contribution is 2.22. The topological polar surface area (TPSA) is 12.9 Å². The first-order valence-corrected chi connectivity index (χ1v) is 3.85. The van der Waals surface area contributed by atoms with Crippen molar-refractivity contribution in [2.24, 2.45) is 0 Å². The van der Waals surface area contributed by atoms with Crippen LogP contribution in [0.15, 0.2) is 12.1 Å². The Labute approximate surface area is 83.3 Å². The molecule has 0 bridgehead atoms. The molecule has 1 nitrogen and oxygen atoms in total. The summed E-state index contributed by atoms with van der Waals surface area (Å²) < 4.78 is 44.2. The van der Waals surface area contributed by atoms with E-state index in [0.29, 0.717) is 5.56 Å². The molecule has 0 N–H and O–H groups in total. The van der Waals surface area contributed by atoms with Crippen LogP contribution in [0.25, 0.3) is 0 Å². The summed E-state index contributed by atoms with van der Waals surface area (Å²) in [5.41, 5.74) is 0.000000000000000666. The number of nitrogens with zero attached hydrogens (tertiary/aromatic N) is 1. The van der Waals surface area contributed by atoms with E-state index in [1.54, 1.807) is 0 Å². The van der Waals surface area contributed by atoms with Crippen molar-refractivity contribution in [3.05, 3.63) is 29.1 Å². The van der Waals surface area contributed by atoms with Gasteiger partial charge >= 0.3 is 0 Å². The summed E-state index contributed by atoms with van der Waals surface area (Å²) in [7, 11) is 0. The van der Waals surface area contributed by atoms with Gasteiger partial charge in [0.2, 0.25) is 0 Å². The molecule has 0 fully saturated rings. The fourth-order valence-electron chi connectivity index (χ4n) is 0.964. The minimum atomic E-state index is -2.40. The van der Waals surface area contributed by atoms with Crippen molar-refractivity contribution in [3.8, 4) is 0 Å². The highest BCUT2D eigenvalue weighted by atomic mass is 14.7. The molecule has 0 unspecified atom stereocenters. The first kappa shape index (κ1) is 3.91. The Morgan fingerprint density at radius 2 is 1.67 bits per heavy atom.